The van der Waals surface area contributed by atoms with Crippen LogP contribution in [0.4, 0.5) is 5.82 Å². The first kappa shape index (κ1) is 20.7. The number of hydrogen-bond acceptors (Lipinski definition) is 4. The van der Waals surface area contributed by atoms with Gasteiger partial charge in [-0.05, 0) is 36.2 Å². The van der Waals surface area contributed by atoms with Gasteiger partial charge >= 0.3 is 0 Å². The first-order chi connectivity index (χ1) is 15.0. The van der Waals surface area contributed by atoms with Gasteiger partial charge < -0.3 is 10.1 Å². The van der Waals surface area contributed by atoms with E-state index in [2.05, 4.69) is 20.6 Å². The summed E-state index contributed by atoms with van der Waals surface area (Å²) in [5, 5.41) is 15.1. The van der Waals surface area contributed by atoms with Gasteiger partial charge in [0.15, 0.2) is 5.82 Å². The van der Waals surface area contributed by atoms with Crippen LogP contribution in [0.25, 0.3) is 16.9 Å². The second kappa shape index (κ2) is 8.65. The topological polar surface area (TPSA) is 84.8 Å². The molecule has 8 heteroatoms. The predicted octanol–water partition coefficient (Wildman–Crippen LogP) is 5.30. The van der Waals surface area contributed by atoms with Crippen LogP contribution in [0.2, 0.25) is 5.02 Å². The number of aromatic nitrogens is 4. The van der Waals surface area contributed by atoms with Gasteiger partial charge in [0, 0.05) is 16.7 Å². The summed E-state index contributed by atoms with van der Waals surface area (Å²) in [7, 11) is 1.61. The number of H-pyrrole nitrogens is 1. The fourth-order valence-corrected chi connectivity index (χ4v) is 3.66. The Balaban J connectivity index is 1.62. The zero-order valence-corrected chi connectivity index (χ0v) is 18.1. The van der Waals surface area contributed by atoms with Crippen molar-refractivity contribution in [3.63, 3.8) is 0 Å². The van der Waals surface area contributed by atoms with Crippen molar-refractivity contribution in [2.75, 3.05) is 12.4 Å². The number of methoxy groups -OCH3 is 1. The number of hydrogen-bond donors (Lipinski definition) is 2. The van der Waals surface area contributed by atoms with Gasteiger partial charge in [-0.3, -0.25) is 9.89 Å². The molecule has 4 rings (SSSR count). The van der Waals surface area contributed by atoms with Crippen molar-refractivity contribution in [3.8, 4) is 22.7 Å². The van der Waals surface area contributed by atoms with E-state index in [9.17, 15) is 4.79 Å². The Morgan fingerprint density at radius 1 is 1.16 bits per heavy atom. The van der Waals surface area contributed by atoms with E-state index in [-0.39, 0.29) is 11.8 Å². The van der Waals surface area contributed by atoms with Crippen LogP contribution in [0.5, 0.6) is 5.75 Å². The Bertz CT molecular complexity index is 1230. The molecule has 1 amide bonds. The number of aromatic amines is 1. The fourth-order valence-electron chi connectivity index (χ4n) is 3.48. The van der Waals surface area contributed by atoms with Crippen molar-refractivity contribution in [2.45, 2.75) is 19.8 Å². The van der Waals surface area contributed by atoms with Gasteiger partial charge in [0.1, 0.15) is 5.75 Å². The number of carbonyl (C=O) groups is 1. The molecule has 0 radical (unpaired) electrons. The van der Waals surface area contributed by atoms with E-state index < -0.39 is 0 Å². The summed E-state index contributed by atoms with van der Waals surface area (Å²) in [4.78, 5) is 13.1. The molecule has 0 saturated carbocycles. The second-order valence-corrected chi connectivity index (χ2v) is 7.75. The number of anilines is 1. The molecular weight excluding hydrogens is 414 g/mol. The van der Waals surface area contributed by atoms with Crippen molar-refractivity contribution in [1.82, 2.24) is 20.0 Å². The number of benzene rings is 2. The molecule has 0 aliphatic carbocycles. The van der Waals surface area contributed by atoms with Crippen LogP contribution in [-0.2, 0) is 0 Å². The van der Waals surface area contributed by atoms with Crippen molar-refractivity contribution in [1.29, 1.82) is 0 Å². The summed E-state index contributed by atoms with van der Waals surface area (Å²) < 4.78 is 7.15. The quantitative estimate of drug-likeness (QED) is 0.430. The van der Waals surface area contributed by atoms with E-state index in [4.69, 9.17) is 16.3 Å². The molecule has 31 heavy (non-hydrogen) atoms. The third kappa shape index (κ3) is 4.18. The molecule has 7 nitrogen and oxygen atoms in total. The molecule has 158 valence electrons. The Morgan fingerprint density at radius 3 is 2.71 bits per heavy atom. The lowest BCUT2D eigenvalue weighted by atomic mass is 10.0. The molecule has 0 aliphatic heterocycles. The van der Waals surface area contributed by atoms with E-state index in [1.807, 2.05) is 56.3 Å². The van der Waals surface area contributed by atoms with Crippen LogP contribution in [0.3, 0.4) is 0 Å². The highest BCUT2D eigenvalue weighted by Gasteiger charge is 2.22. The third-order valence-electron chi connectivity index (χ3n) is 4.87. The number of nitrogens with one attached hydrogen (secondary N) is 2. The second-order valence-electron chi connectivity index (χ2n) is 7.31. The van der Waals surface area contributed by atoms with Gasteiger partial charge in [0.25, 0.3) is 5.91 Å². The minimum atomic E-state index is -0.282. The molecule has 2 heterocycles. The van der Waals surface area contributed by atoms with Gasteiger partial charge in [-0.1, -0.05) is 43.6 Å². The molecule has 2 aromatic heterocycles. The van der Waals surface area contributed by atoms with Crippen molar-refractivity contribution >= 4 is 23.3 Å². The van der Waals surface area contributed by atoms with E-state index in [0.717, 1.165) is 22.6 Å². The van der Waals surface area contributed by atoms with Crippen LogP contribution < -0.4 is 10.1 Å². The normalized spacial score (nSPS) is 11.0. The van der Waals surface area contributed by atoms with Crippen molar-refractivity contribution in [2.24, 2.45) is 0 Å². The van der Waals surface area contributed by atoms with Gasteiger partial charge in [0.05, 0.1) is 35.9 Å². The molecule has 0 fully saturated rings. The zero-order chi connectivity index (χ0) is 22.0. The predicted molar refractivity (Wildman–Crippen MR) is 121 cm³/mol. The molecule has 0 unspecified atom stereocenters. The van der Waals surface area contributed by atoms with Gasteiger partial charge in [-0.15, -0.1) is 0 Å². The average molecular weight is 436 g/mol. The van der Waals surface area contributed by atoms with E-state index >= 15 is 0 Å². The highest BCUT2D eigenvalue weighted by atomic mass is 35.5. The number of ether oxygens (including phenoxy) is 1. The molecule has 4 aromatic rings. The number of rotatable bonds is 6. The van der Waals surface area contributed by atoms with Crippen LogP contribution in [-0.4, -0.2) is 33.0 Å². The van der Waals surface area contributed by atoms with E-state index in [0.29, 0.717) is 22.2 Å². The monoisotopic (exact) mass is 435 g/mol. The first-order valence-corrected chi connectivity index (χ1v) is 10.2. The maximum atomic E-state index is 13.1. The molecule has 0 saturated heterocycles. The van der Waals surface area contributed by atoms with Crippen LogP contribution in [0, 0.1) is 0 Å². The summed E-state index contributed by atoms with van der Waals surface area (Å²) in [5.41, 5.74) is 3.67. The van der Waals surface area contributed by atoms with E-state index in [1.165, 1.54) is 0 Å². The van der Waals surface area contributed by atoms with Crippen molar-refractivity contribution in [3.05, 3.63) is 77.1 Å². The summed E-state index contributed by atoms with van der Waals surface area (Å²) >= 11 is 6.14. The lowest BCUT2D eigenvalue weighted by Crippen LogP contribution is -2.15. The van der Waals surface area contributed by atoms with Gasteiger partial charge in [-0.25, -0.2) is 4.68 Å². The zero-order valence-electron chi connectivity index (χ0n) is 17.4. The minimum Gasteiger partial charge on any atom is -0.496 e. The Labute approximate surface area is 185 Å². The van der Waals surface area contributed by atoms with Crippen molar-refractivity contribution < 1.29 is 9.53 Å². The van der Waals surface area contributed by atoms with Crippen LogP contribution in [0.1, 0.15) is 35.8 Å². The average Bonchev–Trinajstić information content (AvgIpc) is 3.41. The molecule has 0 atom stereocenters. The van der Waals surface area contributed by atoms with E-state index in [1.54, 1.807) is 30.1 Å². The number of nitrogens with zero attached hydrogens (tertiary/aromatic N) is 3. The number of carbonyl (C=O) groups excluding carboxylic acids is 1. The highest BCUT2D eigenvalue weighted by molar-refractivity contribution is 6.30. The molecule has 0 aliphatic rings. The Kier molecular flexibility index (Phi) is 5.77. The van der Waals surface area contributed by atoms with Crippen LogP contribution in [0.15, 0.2) is 60.8 Å². The maximum absolute atomic E-state index is 13.1. The largest absolute Gasteiger partial charge is 0.496 e. The molecular formula is C23H22ClN5O2. The number of para-hydroxylation sites is 1. The first-order valence-electron chi connectivity index (χ1n) is 9.82. The molecule has 2 aromatic carbocycles. The van der Waals surface area contributed by atoms with Gasteiger partial charge in [0.2, 0.25) is 0 Å². The summed E-state index contributed by atoms with van der Waals surface area (Å²) in [5.74, 6) is 0.908. The summed E-state index contributed by atoms with van der Waals surface area (Å²) in [6.07, 6.45) is 1.57. The third-order valence-corrected chi connectivity index (χ3v) is 5.10. The highest BCUT2D eigenvalue weighted by Crippen LogP contribution is 2.30. The summed E-state index contributed by atoms with van der Waals surface area (Å²) in [6, 6.07) is 16.7. The lowest BCUT2D eigenvalue weighted by molar-refractivity contribution is 0.102. The number of amides is 1. The standard InChI is InChI=1S/C23H22ClN5O2/c1-14(2)22-18(13-25-29(22)16-8-6-7-15(24)11-16)23(30)26-21-12-19(27-28-21)17-9-4-5-10-20(17)31-3/h4-14H,1-3H3,(H2,26,27,28,30). The minimum absolute atomic E-state index is 0.0607. The SMILES string of the molecule is COc1ccccc1-c1cc(NC(=O)c2cnn(-c3cccc(Cl)c3)c2C(C)C)n[nH]1. The molecule has 0 bridgehead atoms. The fraction of sp³-hybridized carbons (Fsp3) is 0.174. The summed E-state index contributed by atoms with van der Waals surface area (Å²) in [6.45, 7) is 4.03. The molecule has 2 N–H and O–H groups in total. The smallest absolute Gasteiger partial charge is 0.260 e. The molecule has 0 spiro atoms. The van der Waals surface area contributed by atoms with Crippen LogP contribution >= 0.6 is 11.6 Å². The number of halogens is 1. The Morgan fingerprint density at radius 2 is 1.97 bits per heavy atom. The lowest BCUT2D eigenvalue weighted by Gasteiger charge is -2.12. The Hall–Kier alpha value is -3.58. The maximum Gasteiger partial charge on any atom is 0.260 e. The van der Waals surface area contributed by atoms with Gasteiger partial charge in [-0.2, -0.15) is 10.2 Å².